The molecule has 1 aromatic carbocycles. The van der Waals surface area contributed by atoms with E-state index >= 15 is 0 Å². The molecule has 1 N–H and O–H groups in total. The normalized spacial score (nSPS) is 25.6. The van der Waals surface area contributed by atoms with Gasteiger partial charge in [-0.05, 0) is 67.3 Å². The van der Waals surface area contributed by atoms with Crippen molar-refractivity contribution in [3.63, 3.8) is 0 Å². The lowest BCUT2D eigenvalue weighted by Gasteiger charge is -2.41. The summed E-state index contributed by atoms with van der Waals surface area (Å²) in [4.78, 5) is 0. The van der Waals surface area contributed by atoms with Crippen molar-refractivity contribution in [1.82, 2.24) is 5.32 Å². The molecule has 2 rings (SSSR count). The van der Waals surface area contributed by atoms with Crippen molar-refractivity contribution in [2.75, 3.05) is 13.1 Å². The van der Waals surface area contributed by atoms with Gasteiger partial charge in [-0.2, -0.15) is 0 Å². The van der Waals surface area contributed by atoms with Crippen LogP contribution in [0.15, 0.2) is 18.2 Å². The molecule has 3 heteroatoms. The zero-order chi connectivity index (χ0) is 14.8. The number of hydrogen-bond acceptors (Lipinski definition) is 1. The van der Waals surface area contributed by atoms with Crippen LogP contribution in [0, 0.1) is 11.3 Å². The van der Waals surface area contributed by atoms with Crippen molar-refractivity contribution in [2.24, 2.45) is 11.3 Å². The molecule has 0 aromatic heterocycles. The zero-order valence-corrected chi connectivity index (χ0v) is 14.2. The number of benzene rings is 1. The predicted octanol–water partition coefficient (Wildman–Crippen LogP) is 5.51. The van der Waals surface area contributed by atoms with Crippen molar-refractivity contribution in [3.8, 4) is 0 Å². The first kappa shape index (κ1) is 16.1. The number of hydrogen-bond donors (Lipinski definition) is 1. The van der Waals surface area contributed by atoms with E-state index in [9.17, 15) is 0 Å². The first-order valence-electron chi connectivity index (χ1n) is 7.58. The molecule has 0 heterocycles. The van der Waals surface area contributed by atoms with Gasteiger partial charge < -0.3 is 5.32 Å². The fraction of sp³-hybridized carbons (Fsp3) is 0.647. The Labute approximate surface area is 133 Å². The van der Waals surface area contributed by atoms with Gasteiger partial charge in [0, 0.05) is 0 Å². The van der Waals surface area contributed by atoms with Crippen LogP contribution in [0.4, 0.5) is 0 Å². The summed E-state index contributed by atoms with van der Waals surface area (Å²) in [5.74, 6) is 1.27. The van der Waals surface area contributed by atoms with Gasteiger partial charge >= 0.3 is 0 Å². The van der Waals surface area contributed by atoms with E-state index in [1.54, 1.807) is 0 Å². The molecule has 0 bridgehead atoms. The minimum atomic E-state index is 0.416. The highest BCUT2D eigenvalue weighted by Gasteiger charge is 2.35. The van der Waals surface area contributed by atoms with Gasteiger partial charge in [0.2, 0.25) is 0 Å². The molecule has 2 atom stereocenters. The summed E-state index contributed by atoms with van der Waals surface area (Å²) in [6.07, 6.45) is 3.81. The molecule has 0 spiro atoms. The summed E-state index contributed by atoms with van der Waals surface area (Å²) in [5, 5.41) is 4.83. The molecular formula is C17H25Cl2N. The van der Waals surface area contributed by atoms with E-state index in [-0.39, 0.29) is 0 Å². The molecule has 0 aliphatic heterocycles. The summed E-state index contributed by atoms with van der Waals surface area (Å²) in [7, 11) is 0. The number of rotatable bonds is 4. The molecule has 1 aliphatic rings. The third-order valence-corrected chi connectivity index (χ3v) is 5.30. The van der Waals surface area contributed by atoms with Crippen LogP contribution in [0.3, 0.4) is 0 Å². The predicted molar refractivity (Wildman–Crippen MR) is 88.9 cm³/mol. The number of halogens is 2. The molecule has 1 nitrogen and oxygen atoms in total. The van der Waals surface area contributed by atoms with Crippen LogP contribution in [0.2, 0.25) is 10.0 Å². The average Bonchev–Trinajstić information content (AvgIpc) is 2.40. The lowest BCUT2D eigenvalue weighted by atomic mass is 9.65. The smallest absolute Gasteiger partial charge is 0.0595 e. The SMILES string of the molecule is CCNCC1CCC(C)(C)CC1c1ccc(Cl)c(Cl)c1. The molecule has 0 saturated heterocycles. The topological polar surface area (TPSA) is 12.0 Å². The summed E-state index contributed by atoms with van der Waals surface area (Å²) in [6, 6.07) is 6.15. The monoisotopic (exact) mass is 313 g/mol. The van der Waals surface area contributed by atoms with Crippen LogP contribution >= 0.6 is 23.2 Å². The highest BCUT2D eigenvalue weighted by atomic mass is 35.5. The maximum atomic E-state index is 6.21. The van der Waals surface area contributed by atoms with Crippen LogP contribution in [0.25, 0.3) is 0 Å². The van der Waals surface area contributed by atoms with Crippen molar-refractivity contribution >= 4 is 23.2 Å². The van der Waals surface area contributed by atoms with Crippen LogP contribution in [-0.4, -0.2) is 13.1 Å². The molecular weight excluding hydrogens is 289 g/mol. The Balaban J connectivity index is 2.23. The van der Waals surface area contributed by atoms with Gasteiger partial charge in [0.25, 0.3) is 0 Å². The third-order valence-electron chi connectivity index (χ3n) is 4.56. The van der Waals surface area contributed by atoms with E-state index in [0.717, 1.165) is 13.1 Å². The van der Waals surface area contributed by atoms with E-state index < -0.39 is 0 Å². The van der Waals surface area contributed by atoms with Crippen molar-refractivity contribution in [2.45, 2.75) is 46.0 Å². The lowest BCUT2D eigenvalue weighted by molar-refractivity contribution is 0.160. The second-order valence-electron chi connectivity index (χ2n) is 6.75. The molecule has 1 aromatic rings. The van der Waals surface area contributed by atoms with E-state index in [1.807, 2.05) is 6.07 Å². The minimum Gasteiger partial charge on any atom is -0.317 e. The Morgan fingerprint density at radius 3 is 2.65 bits per heavy atom. The molecule has 112 valence electrons. The van der Waals surface area contributed by atoms with Crippen molar-refractivity contribution in [1.29, 1.82) is 0 Å². The second-order valence-corrected chi connectivity index (χ2v) is 7.57. The van der Waals surface area contributed by atoms with Gasteiger partial charge in [-0.15, -0.1) is 0 Å². The summed E-state index contributed by atoms with van der Waals surface area (Å²) in [5.41, 5.74) is 1.76. The van der Waals surface area contributed by atoms with Gasteiger partial charge in [-0.3, -0.25) is 0 Å². The quantitative estimate of drug-likeness (QED) is 0.772. The largest absolute Gasteiger partial charge is 0.317 e. The van der Waals surface area contributed by atoms with Crippen molar-refractivity contribution in [3.05, 3.63) is 33.8 Å². The van der Waals surface area contributed by atoms with E-state index in [4.69, 9.17) is 23.2 Å². The van der Waals surface area contributed by atoms with E-state index in [0.29, 0.717) is 27.3 Å². The minimum absolute atomic E-state index is 0.416. The molecule has 1 fully saturated rings. The lowest BCUT2D eigenvalue weighted by Crippen LogP contribution is -2.34. The van der Waals surface area contributed by atoms with Gasteiger partial charge in [0.05, 0.1) is 10.0 Å². The first-order chi connectivity index (χ1) is 9.43. The summed E-state index contributed by atoms with van der Waals surface area (Å²) < 4.78 is 0. The third kappa shape index (κ3) is 3.90. The van der Waals surface area contributed by atoms with E-state index in [2.05, 4.69) is 38.2 Å². The first-order valence-corrected chi connectivity index (χ1v) is 8.34. The molecule has 1 aliphatic carbocycles. The Kier molecular flexibility index (Phi) is 5.39. The van der Waals surface area contributed by atoms with Gasteiger partial charge in [-0.1, -0.05) is 50.0 Å². The zero-order valence-electron chi connectivity index (χ0n) is 12.7. The van der Waals surface area contributed by atoms with Crippen LogP contribution in [0.1, 0.15) is 51.5 Å². The Morgan fingerprint density at radius 1 is 1.25 bits per heavy atom. The highest BCUT2D eigenvalue weighted by molar-refractivity contribution is 6.42. The second kappa shape index (κ2) is 6.68. The maximum absolute atomic E-state index is 6.21. The summed E-state index contributed by atoms with van der Waals surface area (Å²) in [6.45, 7) is 9.05. The van der Waals surface area contributed by atoms with Crippen LogP contribution < -0.4 is 5.32 Å². The maximum Gasteiger partial charge on any atom is 0.0595 e. The van der Waals surface area contributed by atoms with Crippen LogP contribution in [-0.2, 0) is 0 Å². The molecule has 2 unspecified atom stereocenters. The fourth-order valence-electron chi connectivity index (χ4n) is 3.35. The van der Waals surface area contributed by atoms with Gasteiger partial charge in [-0.25, -0.2) is 0 Å². The standard InChI is InChI=1S/C17H25Cl2N/c1-4-20-11-13-7-8-17(2,3)10-14(13)12-5-6-15(18)16(19)9-12/h5-6,9,13-14,20H,4,7-8,10-11H2,1-3H3. The molecule has 1 saturated carbocycles. The Bertz CT molecular complexity index is 456. The van der Waals surface area contributed by atoms with Crippen LogP contribution in [0.5, 0.6) is 0 Å². The average molecular weight is 314 g/mol. The van der Waals surface area contributed by atoms with E-state index in [1.165, 1.54) is 24.8 Å². The molecule has 0 radical (unpaired) electrons. The Hall–Kier alpha value is -0.240. The Morgan fingerprint density at radius 2 is 2.00 bits per heavy atom. The molecule has 0 amide bonds. The fourth-order valence-corrected chi connectivity index (χ4v) is 3.65. The van der Waals surface area contributed by atoms with Gasteiger partial charge in [0.15, 0.2) is 0 Å². The highest BCUT2D eigenvalue weighted by Crippen LogP contribution is 2.47. The number of nitrogens with one attached hydrogen (secondary N) is 1. The summed E-state index contributed by atoms with van der Waals surface area (Å²) >= 11 is 12.3. The molecule has 20 heavy (non-hydrogen) atoms. The van der Waals surface area contributed by atoms with Crippen molar-refractivity contribution < 1.29 is 0 Å². The van der Waals surface area contributed by atoms with Gasteiger partial charge in [0.1, 0.15) is 0 Å².